The van der Waals surface area contributed by atoms with E-state index in [0.717, 1.165) is 18.7 Å². The van der Waals surface area contributed by atoms with Crippen molar-refractivity contribution in [1.82, 2.24) is 9.80 Å². The molecule has 26 heavy (non-hydrogen) atoms. The van der Waals surface area contributed by atoms with Crippen molar-refractivity contribution in [2.45, 2.75) is 19.9 Å². The van der Waals surface area contributed by atoms with Gasteiger partial charge in [-0.05, 0) is 30.8 Å². The predicted octanol–water partition coefficient (Wildman–Crippen LogP) is 3.75. The molecule has 0 saturated carbocycles. The Morgan fingerprint density at radius 2 is 1.65 bits per heavy atom. The molecule has 5 heteroatoms. The Morgan fingerprint density at radius 1 is 1.04 bits per heavy atom. The van der Waals surface area contributed by atoms with Crippen molar-refractivity contribution in [2.75, 3.05) is 33.3 Å². The lowest BCUT2D eigenvalue weighted by molar-refractivity contribution is -0.136. The Bertz CT molecular complexity index is 689. The van der Waals surface area contributed by atoms with Crippen molar-refractivity contribution in [1.29, 1.82) is 0 Å². The molecule has 2 aromatic carbocycles. The second-order valence-electron chi connectivity index (χ2n) is 6.07. The van der Waals surface area contributed by atoms with Crippen LogP contribution in [0.25, 0.3) is 0 Å². The molecule has 0 bridgehead atoms. The van der Waals surface area contributed by atoms with E-state index in [-0.39, 0.29) is 24.3 Å². The van der Waals surface area contributed by atoms with E-state index in [1.54, 1.807) is 30.1 Å². The summed E-state index contributed by atoms with van der Waals surface area (Å²) in [7, 11) is 1.76. The van der Waals surface area contributed by atoms with Crippen LogP contribution < -0.4 is 4.74 Å². The van der Waals surface area contributed by atoms with E-state index in [4.69, 9.17) is 4.74 Å². The van der Waals surface area contributed by atoms with E-state index in [0.29, 0.717) is 6.54 Å². The van der Waals surface area contributed by atoms with Gasteiger partial charge in [0.1, 0.15) is 12.6 Å². The molecule has 0 heterocycles. The first kappa shape index (κ1) is 19.9. The number of carbonyl (C=O) groups excluding carboxylic acids is 1. The fraction of sp³-hybridized carbons (Fsp3) is 0.381. The third kappa shape index (κ3) is 5.05. The molecule has 0 N–H and O–H groups in total. The van der Waals surface area contributed by atoms with Crippen molar-refractivity contribution in [3.05, 3.63) is 66.0 Å². The van der Waals surface area contributed by atoms with Crippen molar-refractivity contribution in [2.24, 2.45) is 0 Å². The lowest BCUT2D eigenvalue weighted by atomic mass is 10.0. The van der Waals surface area contributed by atoms with Crippen molar-refractivity contribution in [3.63, 3.8) is 0 Å². The predicted molar refractivity (Wildman–Crippen MR) is 102 cm³/mol. The van der Waals surface area contributed by atoms with Gasteiger partial charge in [0.05, 0.1) is 6.54 Å². The molecule has 0 saturated heterocycles. The maximum atomic E-state index is 13.6. The molecule has 0 radical (unpaired) electrons. The Kier molecular flexibility index (Phi) is 7.60. The van der Waals surface area contributed by atoms with Gasteiger partial charge in [-0.3, -0.25) is 9.69 Å². The lowest BCUT2D eigenvalue weighted by Gasteiger charge is -2.32. The zero-order valence-electron chi connectivity index (χ0n) is 15.7. The first-order valence-corrected chi connectivity index (χ1v) is 8.99. The minimum atomic E-state index is -0.396. The second kappa shape index (κ2) is 9.92. The van der Waals surface area contributed by atoms with Crippen LogP contribution in [0.2, 0.25) is 0 Å². The molecule has 0 spiro atoms. The number of likely N-dealkylation sites (N-methyl/N-ethyl adjacent to an activating group) is 2. The summed E-state index contributed by atoms with van der Waals surface area (Å²) in [6.07, 6.45) is 0. The van der Waals surface area contributed by atoms with Crippen molar-refractivity contribution >= 4 is 5.91 Å². The van der Waals surface area contributed by atoms with Crippen LogP contribution in [0.1, 0.15) is 25.5 Å². The first-order chi connectivity index (χ1) is 12.6. The van der Waals surface area contributed by atoms with Gasteiger partial charge >= 0.3 is 0 Å². The van der Waals surface area contributed by atoms with Crippen LogP contribution in [0.5, 0.6) is 5.75 Å². The Hall–Kier alpha value is -2.40. The third-order valence-corrected chi connectivity index (χ3v) is 4.42. The van der Waals surface area contributed by atoms with E-state index in [2.05, 4.69) is 4.90 Å². The Morgan fingerprint density at radius 3 is 2.27 bits per heavy atom. The number of hydrogen-bond acceptors (Lipinski definition) is 3. The van der Waals surface area contributed by atoms with Gasteiger partial charge in [-0.15, -0.1) is 0 Å². The minimum absolute atomic E-state index is 0.0111. The fourth-order valence-electron chi connectivity index (χ4n) is 2.91. The summed E-state index contributed by atoms with van der Waals surface area (Å²) in [5.41, 5.74) is 0.975. The number of para-hydroxylation sites is 1. The topological polar surface area (TPSA) is 32.8 Å². The molecule has 0 fully saturated rings. The lowest BCUT2D eigenvalue weighted by Crippen LogP contribution is -2.42. The molecule has 0 aliphatic carbocycles. The van der Waals surface area contributed by atoms with Crippen LogP contribution >= 0.6 is 0 Å². The average Bonchev–Trinajstić information content (AvgIpc) is 2.67. The number of ether oxygens (including phenoxy) is 1. The average molecular weight is 358 g/mol. The van der Waals surface area contributed by atoms with Gasteiger partial charge in [-0.2, -0.15) is 0 Å². The molecule has 1 atom stereocenters. The monoisotopic (exact) mass is 358 g/mol. The number of hydrogen-bond donors (Lipinski definition) is 0. The van der Waals surface area contributed by atoms with Gasteiger partial charge in [0.25, 0.3) is 0 Å². The molecule has 0 aliphatic rings. The number of halogens is 1. The summed E-state index contributed by atoms with van der Waals surface area (Å²) >= 11 is 0. The number of benzene rings is 2. The highest BCUT2D eigenvalue weighted by atomic mass is 19.1. The van der Waals surface area contributed by atoms with Gasteiger partial charge in [-0.25, -0.2) is 4.39 Å². The zero-order valence-corrected chi connectivity index (χ0v) is 15.7. The maximum Gasteiger partial charge on any atom is 0.244 e. The van der Waals surface area contributed by atoms with Crippen LogP contribution in [0.15, 0.2) is 54.6 Å². The molecule has 1 unspecified atom stereocenters. The number of carbonyl (C=O) groups is 1. The Balaban J connectivity index is 2.04. The highest BCUT2D eigenvalue weighted by molar-refractivity contribution is 5.83. The molecule has 140 valence electrons. The van der Waals surface area contributed by atoms with Gasteiger partial charge in [-0.1, -0.05) is 56.3 Å². The normalized spacial score (nSPS) is 12.0. The van der Waals surface area contributed by atoms with E-state index in [1.165, 1.54) is 6.07 Å². The molecule has 0 aromatic heterocycles. The number of rotatable bonds is 9. The zero-order chi connectivity index (χ0) is 18.9. The molecule has 2 aromatic rings. The molecular weight excluding hydrogens is 331 g/mol. The maximum absolute atomic E-state index is 13.6. The fourth-order valence-corrected chi connectivity index (χ4v) is 2.91. The molecule has 4 nitrogen and oxygen atoms in total. The number of amides is 1. The second-order valence-corrected chi connectivity index (χ2v) is 6.07. The van der Waals surface area contributed by atoms with E-state index < -0.39 is 5.82 Å². The van der Waals surface area contributed by atoms with Gasteiger partial charge in [0.15, 0.2) is 11.6 Å². The first-order valence-electron chi connectivity index (χ1n) is 8.99. The van der Waals surface area contributed by atoms with E-state index in [9.17, 15) is 9.18 Å². The van der Waals surface area contributed by atoms with Crippen LogP contribution in [0.3, 0.4) is 0 Å². The molecular formula is C21H27FN2O2. The Labute approximate surface area is 155 Å². The SMILES string of the molecule is CCN(CC)C(C(=O)N(C)CCOc1ccccc1F)c1ccccc1. The quantitative estimate of drug-likeness (QED) is 0.684. The van der Waals surface area contributed by atoms with E-state index >= 15 is 0 Å². The van der Waals surface area contributed by atoms with Gasteiger partial charge in [0, 0.05) is 7.05 Å². The summed E-state index contributed by atoms with van der Waals surface area (Å²) in [6, 6.07) is 15.7. The number of nitrogens with zero attached hydrogens (tertiary/aromatic N) is 2. The van der Waals surface area contributed by atoms with Crippen molar-refractivity contribution < 1.29 is 13.9 Å². The molecule has 0 aliphatic heterocycles. The highest BCUT2D eigenvalue weighted by Gasteiger charge is 2.28. The highest BCUT2D eigenvalue weighted by Crippen LogP contribution is 2.22. The third-order valence-electron chi connectivity index (χ3n) is 4.42. The van der Waals surface area contributed by atoms with Gasteiger partial charge < -0.3 is 9.64 Å². The van der Waals surface area contributed by atoms with Gasteiger partial charge in [0.2, 0.25) is 5.91 Å². The minimum Gasteiger partial charge on any atom is -0.489 e. The summed E-state index contributed by atoms with van der Waals surface area (Å²) < 4.78 is 19.1. The largest absolute Gasteiger partial charge is 0.489 e. The summed E-state index contributed by atoms with van der Waals surface area (Å²) in [4.78, 5) is 16.8. The summed E-state index contributed by atoms with van der Waals surface area (Å²) in [6.45, 7) is 6.28. The van der Waals surface area contributed by atoms with Crippen LogP contribution in [-0.2, 0) is 4.79 Å². The summed E-state index contributed by atoms with van der Waals surface area (Å²) in [5.74, 6) is -0.180. The molecule has 1 amide bonds. The molecule has 2 rings (SSSR count). The summed E-state index contributed by atoms with van der Waals surface area (Å²) in [5, 5.41) is 0. The standard InChI is InChI=1S/C21H27FN2O2/c1-4-24(5-2)20(17-11-7-6-8-12-17)21(25)23(3)15-16-26-19-14-10-9-13-18(19)22/h6-14,20H,4-5,15-16H2,1-3H3. The van der Waals surface area contributed by atoms with Crippen LogP contribution in [0.4, 0.5) is 4.39 Å². The van der Waals surface area contributed by atoms with E-state index in [1.807, 2.05) is 44.2 Å². The van der Waals surface area contributed by atoms with Crippen LogP contribution in [0, 0.1) is 5.82 Å². The van der Waals surface area contributed by atoms with Crippen LogP contribution in [-0.4, -0.2) is 49.0 Å². The van der Waals surface area contributed by atoms with Crippen molar-refractivity contribution in [3.8, 4) is 5.75 Å². The smallest absolute Gasteiger partial charge is 0.244 e.